The number of fused-ring (bicyclic) bond motifs is 3. The summed E-state index contributed by atoms with van der Waals surface area (Å²) in [6.45, 7) is 1.98. The molecule has 1 aliphatic rings. The van der Waals surface area contributed by atoms with Crippen molar-refractivity contribution in [2.45, 2.75) is 12.8 Å². The normalized spacial score (nSPS) is 16.0. The van der Waals surface area contributed by atoms with Crippen LogP contribution in [0.1, 0.15) is 24.0 Å². The Hall–Kier alpha value is -3.47. The number of hydrogen-bond acceptors (Lipinski definition) is 5. The van der Waals surface area contributed by atoms with Crippen LogP contribution in [0.5, 0.6) is 11.5 Å². The number of carbonyl (C=O) groups excluding carboxylic acids is 1. The van der Waals surface area contributed by atoms with Gasteiger partial charge in [0.2, 0.25) is 5.88 Å². The minimum Gasteiger partial charge on any atom is -0.508 e. The largest absolute Gasteiger partial charge is 0.508 e. The average molecular weight is 361 g/mol. The Balaban J connectivity index is 2.01. The number of ether oxygens (including phenoxy) is 2. The van der Waals surface area contributed by atoms with E-state index in [4.69, 9.17) is 15.2 Å². The molecular formula is C22H19NO4. The van der Waals surface area contributed by atoms with Gasteiger partial charge in [-0.25, -0.2) is 4.79 Å². The number of phenolic OH excluding ortho intramolecular Hbond substituents is 1. The van der Waals surface area contributed by atoms with Gasteiger partial charge in [0, 0.05) is 5.56 Å². The van der Waals surface area contributed by atoms with Crippen LogP contribution in [0.4, 0.5) is 0 Å². The summed E-state index contributed by atoms with van der Waals surface area (Å²) in [5.41, 5.74) is 8.08. The van der Waals surface area contributed by atoms with Gasteiger partial charge >= 0.3 is 5.97 Å². The molecule has 0 amide bonds. The summed E-state index contributed by atoms with van der Waals surface area (Å²) in [5.74, 6) is -0.170. The summed E-state index contributed by atoms with van der Waals surface area (Å²) in [6.07, 6.45) is 0. The van der Waals surface area contributed by atoms with Crippen LogP contribution in [0, 0.1) is 0 Å². The van der Waals surface area contributed by atoms with Gasteiger partial charge in [-0.05, 0) is 41.5 Å². The molecule has 0 fully saturated rings. The van der Waals surface area contributed by atoms with E-state index in [1.807, 2.05) is 36.4 Å². The molecule has 0 bridgehead atoms. The highest BCUT2D eigenvalue weighted by Crippen LogP contribution is 2.46. The van der Waals surface area contributed by atoms with Crippen LogP contribution in [0.2, 0.25) is 0 Å². The Morgan fingerprint density at radius 3 is 2.59 bits per heavy atom. The van der Waals surface area contributed by atoms with Gasteiger partial charge in [-0.3, -0.25) is 0 Å². The molecule has 1 atom stereocenters. The predicted molar refractivity (Wildman–Crippen MR) is 102 cm³/mol. The van der Waals surface area contributed by atoms with Gasteiger partial charge in [0.15, 0.2) is 0 Å². The zero-order valence-corrected chi connectivity index (χ0v) is 14.8. The molecule has 0 unspecified atom stereocenters. The average Bonchev–Trinajstić information content (AvgIpc) is 2.67. The first kappa shape index (κ1) is 17.0. The highest BCUT2D eigenvalue weighted by molar-refractivity contribution is 5.97. The summed E-state index contributed by atoms with van der Waals surface area (Å²) in [4.78, 5) is 12.7. The predicted octanol–water partition coefficient (Wildman–Crippen LogP) is 3.80. The molecule has 0 aromatic heterocycles. The van der Waals surface area contributed by atoms with Gasteiger partial charge in [-0.2, -0.15) is 0 Å². The lowest BCUT2D eigenvalue weighted by Crippen LogP contribution is -2.27. The van der Waals surface area contributed by atoms with Gasteiger partial charge in [0.1, 0.15) is 17.1 Å². The first-order valence-corrected chi connectivity index (χ1v) is 8.75. The van der Waals surface area contributed by atoms with Crippen molar-refractivity contribution in [2.24, 2.45) is 5.73 Å². The third-order valence-corrected chi connectivity index (χ3v) is 4.72. The second-order valence-corrected chi connectivity index (χ2v) is 6.32. The summed E-state index contributed by atoms with van der Waals surface area (Å²) in [7, 11) is 0. The van der Waals surface area contributed by atoms with E-state index >= 15 is 0 Å². The van der Waals surface area contributed by atoms with Crippen LogP contribution < -0.4 is 10.5 Å². The maximum Gasteiger partial charge on any atom is 0.340 e. The lowest BCUT2D eigenvalue weighted by molar-refractivity contribution is -0.139. The molecule has 1 heterocycles. The zero-order chi connectivity index (χ0) is 19.0. The van der Waals surface area contributed by atoms with Crippen molar-refractivity contribution < 1.29 is 19.4 Å². The number of nitrogens with two attached hydrogens (primary N) is 1. The molecule has 0 radical (unpaired) electrons. The van der Waals surface area contributed by atoms with Crippen molar-refractivity contribution in [2.75, 3.05) is 6.61 Å². The summed E-state index contributed by atoms with van der Waals surface area (Å²) in [6, 6.07) is 18.5. The number of esters is 1. The number of rotatable bonds is 3. The van der Waals surface area contributed by atoms with E-state index in [0.717, 1.165) is 21.9 Å². The zero-order valence-electron chi connectivity index (χ0n) is 14.8. The molecule has 1 aliphatic heterocycles. The topological polar surface area (TPSA) is 81.8 Å². The molecule has 3 aromatic rings. The van der Waals surface area contributed by atoms with Crippen LogP contribution >= 0.6 is 0 Å². The van der Waals surface area contributed by atoms with E-state index in [2.05, 4.69) is 0 Å². The molecule has 0 spiro atoms. The van der Waals surface area contributed by atoms with Crippen molar-refractivity contribution >= 4 is 16.7 Å². The fourth-order valence-electron chi connectivity index (χ4n) is 3.55. The van der Waals surface area contributed by atoms with E-state index in [0.29, 0.717) is 5.75 Å². The van der Waals surface area contributed by atoms with Crippen LogP contribution in [0.15, 0.2) is 72.1 Å². The van der Waals surface area contributed by atoms with Crippen LogP contribution in [-0.2, 0) is 9.53 Å². The number of carbonyl (C=O) groups is 1. The third-order valence-electron chi connectivity index (χ3n) is 4.72. The molecule has 0 saturated carbocycles. The van der Waals surface area contributed by atoms with Crippen molar-refractivity contribution in [3.63, 3.8) is 0 Å². The van der Waals surface area contributed by atoms with E-state index in [-0.39, 0.29) is 23.8 Å². The summed E-state index contributed by atoms with van der Waals surface area (Å²) >= 11 is 0. The Labute approximate surface area is 156 Å². The molecule has 3 aromatic carbocycles. The fourth-order valence-corrected chi connectivity index (χ4v) is 3.55. The van der Waals surface area contributed by atoms with Crippen molar-refractivity contribution in [3.05, 3.63) is 83.2 Å². The Morgan fingerprint density at radius 1 is 1.11 bits per heavy atom. The number of aromatic hydroxyl groups is 1. The van der Waals surface area contributed by atoms with E-state index in [9.17, 15) is 9.90 Å². The highest BCUT2D eigenvalue weighted by atomic mass is 16.5. The number of phenols is 1. The molecule has 5 nitrogen and oxygen atoms in total. The van der Waals surface area contributed by atoms with Crippen molar-refractivity contribution in [1.29, 1.82) is 0 Å². The maximum absolute atomic E-state index is 12.7. The van der Waals surface area contributed by atoms with E-state index < -0.39 is 11.9 Å². The molecule has 136 valence electrons. The first-order chi connectivity index (χ1) is 13.1. The van der Waals surface area contributed by atoms with Crippen LogP contribution in [0.3, 0.4) is 0 Å². The Bertz CT molecular complexity index is 1050. The minimum atomic E-state index is -0.508. The molecular weight excluding hydrogens is 342 g/mol. The molecule has 27 heavy (non-hydrogen) atoms. The van der Waals surface area contributed by atoms with Gasteiger partial charge in [0.25, 0.3) is 0 Å². The summed E-state index contributed by atoms with van der Waals surface area (Å²) < 4.78 is 11.1. The Morgan fingerprint density at radius 2 is 1.85 bits per heavy atom. The molecule has 4 rings (SSSR count). The van der Waals surface area contributed by atoms with Crippen LogP contribution in [-0.4, -0.2) is 17.7 Å². The summed E-state index contributed by atoms with van der Waals surface area (Å²) in [5, 5.41) is 11.7. The maximum atomic E-state index is 12.7. The molecule has 0 saturated heterocycles. The van der Waals surface area contributed by atoms with Gasteiger partial charge in [-0.15, -0.1) is 0 Å². The fraction of sp³-hybridized carbons (Fsp3) is 0.136. The van der Waals surface area contributed by atoms with Crippen molar-refractivity contribution in [1.82, 2.24) is 0 Å². The number of benzene rings is 3. The lowest BCUT2D eigenvalue weighted by atomic mass is 9.80. The second kappa shape index (κ2) is 6.68. The molecule has 3 N–H and O–H groups in total. The Kier molecular flexibility index (Phi) is 4.20. The molecule has 5 heteroatoms. The lowest BCUT2D eigenvalue weighted by Gasteiger charge is -2.29. The SMILES string of the molecule is CCOC(=O)C1=C(N)Oc2ccc3ccccc3c2[C@H]1c1ccc(O)cc1. The van der Waals surface area contributed by atoms with Crippen LogP contribution in [0.25, 0.3) is 10.8 Å². The van der Waals surface area contributed by atoms with Gasteiger partial charge < -0.3 is 20.3 Å². The third kappa shape index (κ3) is 2.87. The highest BCUT2D eigenvalue weighted by Gasteiger charge is 2.36. The quantitative estimate of drug-likeness (QED) is 0.694. The monoisotopic (exact) mass is 361 g/mol. The van der Waals surface area contributed by atoms with Crippen molar-refractivity contribution in [3.8, 4) is 11.5 Å². The minimum absolute atomic E-state index is 0.0364. The van der Waals surface area contributed by atoms with Gasteiger partial charge in [-0.1, -0.05) is 42.5 Å². The van der Waals surface area contributed by atoms with E-state index in [1.165, 1.54) is 0 Å². The first-order valence-electron chi connectivity index (χ1n) is 8.75. The number of hydrogen-bond donors (Lipinski definition) is 2. The second-order valence-electron chi connectivity index (χ2n) is 6.32. The standard InChI is InChI=1S/C22H19NO4/c1-2-26-22(25)20-18(14-7-10-15(24)11-8-14)19-16-6-4-3-5-13(16)9-12-17(19)27-21(20)23/h3-12,18,24H,2,23H2,1H3/t18-/m1/s1. The smallest absolute Gasteiger partial charge is 0.340 e. The molecule has 0 aliphatic carbocycles. The van der Waals surface area contributed by atoms with E-state index in [1.54, 1.807) is 31.2 Å². The van der Waals surface area contributed by atoms with Gasteiger partial charge in [0.05, 0.1) is 12.5 Å².